The summed E-state index contributed by atoms with van der Waals surface area (Å²) < 4.78 is 30.5. The second-order valence-electron chi connectivity index (χ2n) is 6.18. The van der Waals surface area contributed by atoms with E-state index in [2.05, 4.69) is 0 Å². The average molecular weight is 376 g/mol. The summed E-state index contributed by atoms with van der Waals surface area (Å²) in [5.74, 6) is 0. The zero-order chi connectivity index (χ0) is 18.7. The molecule has 0 aliphatic carbocycles. The van der Waals surface area contributed by atoms with E-state index in [1.807, 2.05) is 24.3 Å². The molecule has 0 aromatic heterocycles. The molecular formula is C18H22N3O4S-. The number of nitrogen functional groups attached to an aromatic ring is 1. The van der Waals surface area contributed by atoms with Gasteiger partial charge in [-0.05, 0) is 31.9 Å². The van der Waals surface area contributed by atoms with Gasteiger partial charge in [0.1, 0.15) is 0 Å². The topological polar surface area (TPSA) is 98.9 Å². The van der Waals surface area contributed by atoms with E-state index in [0.717, 1.165) is 10.8 Å². The zero-order valence-corrected chi connectivity index (χ0v) is 15.4. The van der Waals surface area contributed by atoms with E-state index >= 15 is 0 Å². The van der Waals surface area contributed by atoms with Crippen LogP contribution in [0.25, 0.3) is 10.8 Å². The Labute approximate surface area is 155 Å². The van der Waals surface area contributed by atoms with E-state index in [1.54, 1.807) is 24.0 Å². The average Bonchev–Trinajstić information content (AvgIpc) is 2.64. The van der Waals surface area contributed by atoms with Gasteiger partial charge >= 0.3 is 6.09 Å². The van der Waals surface area contributed by atoms with Gasteiger partial charge in [0.25, 0.3) is 0 Å². The van der Waals surface area contributed by atoms with E-state index < -0.39 is 11.3 Å². The zero-order valence-electron chi connectivity index (χ0n) is 14.6. The third-order valence-electron chi connectivity index (χ3n) is 4.65. The summed E-state index contributed by atoms with van der Waals surface area (Å²) in [5.41, 5.74) is 7.25. The number of nitrogens with two attached hydrogens (primary N) is 1. The van der Waals surface area contributed by atoms with Gasteiger partial charge in [-0.1, -0.05) is 24.3 Å². The molecule has 3 rings (SSSR count). The van der Waals surface area contributed by atoms with E-state index in [0.29, 0.717) is 43.9 Å². The fourth-order valence-electron chi connectivity index (χ4n) is 3.40. The van der Waals surface area contributed by atoms with Crippen LogP contribution in [0, 0.1) is 0 Å². The minimum Gasteiger partial charge on any atom is -0.755 e. The highest BCUT2D eigenvalue weighted by molar-refractivity contribution is 7.80. The van der Waals surface area contributed by atoms with Gasteiger partial charge in [0.05, 0.1) is 12.3 Å². The van der Waals surface area contributed by atoms with Crippen molar-refractivity contribution >= 4 is 39.5 Å². The lowest BCUT2D eigenvalue weighted by Crippen LogP contribution is -2.47. The SMILES string of the molecule is CCOC(=O)N1CCC(N(c2ccc(N)c3ccccc23)S(=O)[O-])CC1. The van der Waals surface area contributed by atoms with Gasteiger partial charge in [-0.2, -0.15) is 0 Å². The molecule has 0 saturated carbocycles. The van der Waals surface area contributed by atoms with Crippen molar-refractivity contribution in [2.24, 2.45) is 0 Å². The lowest BCUT2D eigenvalue weighted by atomic mass is 10.0. The van der Waals surface area contributed by atoms with Crippen molar-refractivity contribution in [2.75, 3.05) is 29.7 Å². The first-order valence-corrected chi connectivity index (χ1v) is 9.63. The maximum Gasteiger partial charge on any atom is 0.409 e. The van der Waals surface area contributed by atoms with Crippen LogP contribution in [0.4, 0.5) is 16.2 Å². The normalized spacial score (nSPS) is 16.5. The van der Waals surface area contributed by atoms with Crippen LogP contribution >= 0.6 is 0 Å². The highest BCUT2D eigenvalue weighted by atomic mass is 32.2. The Balaban J connectivity index is 1.87. The number of hydrogen-bond acceptors (Lipinski definition) is 5. The number of fused-ring (bicyclic) bond motifs is 1. The molecule has 7 nitrogen and oxygen atoms in total. The van der Waals surface area contributed by atoms with Gasteiger partial charge in [-0.25, -0.2) is 4.79 Å². The van der Waals surface area contributed by atoms with Crippen LogP contribution < -0.4 is 10.0 Å². The summed E-state index contributed by atoms with van der Waals surface area (Å²) >= 11 is -2.43. The fraction of sp³-hybridized carbons (Fsp3) is 0.389. The molecule has 2 aromatic carbocycles. The number of benzene rings is 2. The first kappa shape index (κ1) is 18.5. The molecule has 1 heterocycles. The Hall–Kier alpha value is -2.32. The smallest absolute Gasteiger partial charge is 0.409 e. The molecule has 1 unspecified atom stereocenters. The number of likely N-dealkylation sites (tertiary alicyclic amines) is 1. The van der Waals surface area contributed by atoms with E-state index in [9.17, 15) is 13.6 Å². The Morgan fingerprint density at radius 3 is 2.54 bits per heavy atom. The summed E-state index contributed by atoms with van der Waals surface area (Å²) in [7, 11) is 0. The molecule has 26 heavy (non-hydrogen) atoms. The molecule has 1 aliphatic heterocycles. The minimum atomic E-state index is -2.43. The van der Waals surface area contributed by atoms with E-state index in [-0.39, 0.29) is 12.1 Å². The number of carbonyl (C=O) groups is 1. The second kappa shape index (κ2) is 7.92. The molecule has 1 aliphatic rings. The number of piperidine rings is 1. The van der Waals surface area contributed by atoms with Crippen molar-refractivity contribution in [2.45, 2.75) is 25.8 Å². The summed E-state index contributed by atoms with van der Waals surface area (Å²) in [5, 5.41) is 1.62. The Bertz CT molecular complexity index is 821. The quantitative estimate of drug-likeness (QED) is 0.653. The molecule has 2 aromatic rings. The molecule has 8 heteroatoms. The van der Waals surface area contributed by atoms with Crippen molar-refractivity contribution in [1.82, 2.24) is 4.90 Å². The molecular weight excluding hydrogens is 354 g/mol. The largest absolute Gasteiger partial charge is 0.755 e. The number of hydrogen-bond donors (Lipinski definition) is 1. The Kier molecular flexibility index (Phi) is 5.63. The minimum absolute atomic E-state index is 0.217. The summed E-state index contributed by atoms with van der Waals surface area (Å²) in [6.45, 7) is 3.01. The van der Waals surface area contributed by atoms with E-state index in [4.69, 9.17) is 10.5 Å². The molecule has 140 valence electrons. The Morgan fingerprint density at radius 1 is 1.27 bits per heavy atom. The van der Waals surface area contributed by atoms with Crippen molar-refractivity contribution in [3.8, 4) is 0 Å². The molecule has 1 saturated heterocycles. The number of ether oxygens (including phenoxy) is 1. The first-order chi connectivity index (χ1) is 12.5. The van der Waals surface area contributed by atoms with E-state index in [1.165, 1.54) is 4.31 Å². The van der Waals surface area contributed by atoms with Gasteiger partial charge in [-0.15, -0.1) is 0 Å². The molecule has 0 radical (unpaired) electrons. The van der Waals surface area contributed by atoms with Gasteiger partial charge in [0, 0.05) is 46.9 Å². The van der Waals surface area contributed by atoms with Crippen LogP contribution in [-0.4, -0.2) is 45.5 Å². The summed E-state index contributed by atoms with van der Waals surface area (Å²) in [6, 6.07) is 10.7. The Morgan fingerprint density at radius 2 is 1.92 bits per heavy atom. The maximum absolute atomic E-state index is 12.0. The van der Waals surface area contributed by atoms with Gasteiger partial charge in [0.2, 0.25) is 0 Å². The number of anilines is 2. The highest BCUT2D eigenvalue weighted by Gasteiger charge is 2.29. The van der Waals surface area contributed by atoms with Crippen LogP contribution in [0.3, 0.4) is 0 Å². The maximum atomic E-state index is 12.0. The van der Waals surface area contributed by atoms with Crippen molar-refractivity contribution in [3.63, 3.8) is 0 Å². The second-order valence-corrected chi connectivity index (χ2v) is 7.01. The van der Waals surface area contributed by atoms with Crippen LogP contribution in [0.15, 0.2) is 36.4 Å². The number of nitrogens with zero attached hydrogens (tertiary/aromatic N) is 2. The fourth-order valence-corrected chi connectivity index (χ4v) is 4.17. The van der Waals surface area contributed by atoms with Gasteiger partial charge in [0.15, 0.2) is 0 Å². The predicted octanol–water partition coefficient (Wildman–Crippen LogP) is 2.64. The third-order valence-corrected chi connectivity index (χ3v) is 5.47. The molecule has 1 amide bonds. The highest BCUT2D eigenvalue weighted by Crippen LogP contribution is 2.34. The molecule has 1 atom stereocenters. The van der Waals surface area contributed by atoms with Gasteiger partial charge in [-0.3, -0.25) is 8.51 Å². The number of carbonyl (C=O) groups excluding carboxylic acids is 1. The van der Waals surface area contributed by atoms with Crippen LogP contribution in [-0.2, 0) is 16.0 Å². The standard InChI is InChI=1S/C18H23N3O4S/c1-2-25-18(22)20-11-9-13(10-12-20)21(26(23)24)17-8-7-16(19)14-5-3-4-6-15(14)17/h3-8,13H,2,9-12,19H2,1H3,(H,23,24)/p-1. The molecule has 1 fully saturated rings. The van der Waals surface area contributed by atoms with Crippen molar-refractivity contribution in [3.05, 3.63) is 36.4 Å². The lowest BCUT2D eigenvalue weighted by molar-refractivity contribution is 0.0976. The molecule has 2 N–H and O–H groups in total. The monoisotopic (exact) mass is 376 g/mol. The molecule has 0 bridgehead atoms. The first-order valence-electron chi connectivity index (χ1n) is 8.60. The summed E-state index contributed by atoms with van der Waals surface area (Å²) in [6.07, 6.45) is 0.746. The van der Waals surface area contributed by atoms with Crippen LogP contribution in [0.1, 0.15) is 19.8 Å². The number of rotatable bonds is 4. The molecule has 0 spiro atoms. The van der Waals surface area contributed by atoms with Crippen LogP contribution in [0.5, 0.6) is 0 Å². The summed E-state index contributed by atoms with van der Waals surface area (Å²) in [4.78, 5) is 13.5. The van der Waals surface area contributed by atoms with Crippen LogP contribution in [0.2, 0.25) is 0 Å². The number of amides is 1. The van der Waals surface area contributed by atoms with Crippen molar-refractivity contribution in [1.29, 1.82) is 0 Å². The van der Waals surface area contributed by atoms with Gasteiger partial charge < -0.3 is 19.9 Å². The van der Waals surface area contributed by atoms with Crippen molar-refractivity contribution < 1.29 is 18.3 Å². The third kappa shape index (κ3) is 3.61. The lowest BCUT2D eigenvalue weighted by Gasteiger charge is -2.40. The predicted molar refractivity (Wildman–Crippen MR) is 101 cm³/mol.